The Morgan fingerprint density at radius 1 is 1.47 bits per heavy atom. The summed E-state index contributed by atoms with van der Waals surface area (Å²) in [7, 11) is 1.43. The number of carbonyl (C=O) groups excluding carboxylic acids is 1. The van der Waals surface area contributed by atoms with Gasteiger partial charge in [-0.2, -0.15) is 0 Å². The van der Waals surface area contributed by atoms with E-state index in [0.29, 0.717) is 0 Å². The topological polar surface area (TPSA) is 46.5 Å². The van der Waals surface area contributed by atoms with E-state index in [1.165, 1.54) is 7.11 Å². The zero-order chi connectivity index (χ0) is 12.6. The summed E-state index contributed by atoms with van der Waals surface area (Å²) in [6.45, 7) is 6.02. The highest BCUT2D eigenvalue weighted by Gasteiger charge is 2.55. The minimum Gasteiger partial charge on any atom is -0.469 e. The van der Waals surface area contributed by atoms with Gasteiger partial charge in [0.2, 0.25) is 0 Å². The van der Waals surface area contributed by atoms with Crippen molar-refractivity contribution in [3.05, 3.63) is 12.7 Å². The third-order valence-electron chi connectivity index (χ3n) is 4.93. The van der Waals surface area contributed by atoms with Crippen molar-refractivity contribution < 1.29 is 14.6 Å². The Balaban J connectivity index is 2.35. The van der Waals surface area contributed by atoms with Gasteiger partial charge in [0.25, 0.3) is 0 Å². The molecule has 2 aliphatic carbocycles. The lowest BCUT2D eigenvalue weighted by atomic mass is 9.59. The number of esters is 1. The molecule has 0 aromatic rings. The number of rotatable bonds is 2. The molecule has 2 saturated carbocycles. The van der Waals surface area contributed by atoms with Crippen molar-refractivity contribution in [3.8, 4) is 0 Å². The molecule has 0 aromatic carbocycles. The van der Waals surface area contributed by atoms with Crippen molar-refractivity contribution in [2.45, 2.75) is 38.7 Å². The quantitative estimate of drug-likeness (QED) is 0.592. The van der Waals surface area contributed by atoms with Crippen LogP contribution in [0.1, 0.15) is 32.6 Å². The molecule has 96 valence electrons. The first-order valence-corrected chi connectivity index (χ1v) is 6.45. The summed E-state index contributed by atoms with van der Waals surface area (Å²) in [4.78, 5) is 12.0. The lowest BCUT2D eigenvalue weighted by molar-refractivity contribution is -0.156. The Morgan fingerprint density at radius 2 is 2.12 bits per heavy atom. The molecule has 1 N–H and O–H groups in total. The van der Waals surface area contributed by atoms with E-state index in [9.17, 15) is 9.90 Å². The van der Waals surface area contributed by atoms with Crippen LogP contribution in [-0.2, 0) is 9.53 Å². The molecular weight excluding hydrogens is 216 g/mol. The van der Waals surface area contributed by atoms with Gasteiger partial charge >= 0.3 is 5.97 Å². The van der Waals surface area contributed by atoms with E-state index in [2.05, 4.69) is 13.5 Å². The molecular formula is C14H22O3. The maximum atomic E-state index is 12.0. The normalized spacial score (nSPS) is 45.1. The standard InChI is InChI=1S/C14H22O3/c1-4-14-7-5-9(2)11(13(16)17-3)12(14)10(15)6-8-14/h4,9-12,15H,1,5-8H2,2-3H3/t9-,10+,11-,12+,14+/m1/s1. The van der Waals surface area contributed by atoms with E-state index < -0.39 is 0 Å². The molecule has 0 spiro atoms. The summed E-state index contributed by atoms with van der Waals surface area (Å²) in [5.74, 6) is -0.0666. The maximum absolute atomic E-state index is 12.0. The molecule has 0 bridgehead atoms. The van der Waals surface area contributed by atoms with Crippen molar-refractivity contribution in [2.75, 3.05) is 7.11 Å². The van der Waals surface area contributed by atoms with Gasteiger partial charge < -0.3 is 9.84 Å². The van der Waals surface area contributed by atoms with E-state index in [1.807, 2.05) is 6.08 Å². The Kier molecular flexibility index (Phi) is 3.30. The largest absolute Gasteiger partial charge is 0.469 e. The van der Waals surface area contributed by atoms with Crippen LogP contribution >= 0.6 is 0 Å². The third kappa shape index (κ3) is 1.81. The van der Waals surface area contributed by atoms with Gasteiger partial charge in [0.05, 0.1) is 19.1 Å². The van der Waals surface area contributed by atoms with E-state index in [-0.39, 0.29) is 35.2 Å². The van der Waals surface area contributed by atoms with E-state index in [4.69, 9.17) is 4.74 Å². The first-order chi connectivity index (χ1) is 8.05. The average Bonchev–Trinajstić information content (AvgIpc) is 2.67. The smallest absolute Gasteiger partial charge is 0.309 e. The van der Waals surface area contributed by atoms with Crippen LogP contribution in [0.5, 0.6) is 0 Å². The van der Waals surface area contributed by atoms with Crippen molar-refractivity contribution in [2.24, 2.45) is 23.2 Å². The number of aliphatic hydroxyl groups excluding tert-OH is 1. The number of carbonyl (C=O) groups is 1. The van der Waals surface area contributed by atoms with Gasteiger partial charge in [0.15, 0.2) is 0 Å². The summed E-state index contributed by atoms with van der Waals surface area (Å²) < 4.78 is 4.92. The number of aliphatic hydroxyl groups is 1. The predicted molar refractivity (Wildman–Crippen MR) is 65.3 cm³/mol. The minimum absolute atomic E-state index is 0.00352. The summed E-state index contributed by atoms with van der Waals surface area (Å²) in [5.41, 5.74) is -0.0508. The highest BCUT2D eigenvalue weighted by Crippen LogP contribution is 2.57. The molecule has 5 atom stereocenters. The van der Waals surface area contributed by atoms with Gasteiger partial charge in [-0.05, 0) is 37.0 Å². The molecule has 3 nitrogen and oxygen atoms in total. The highest BCUT2D eigenvalue weighted by atomic mass is 16.5. The first-order valence-electron chi connectivity index (χ1n) is 6.45. The third-order valence-corrected chi connectivity index (χ3v) is 4.93. The zero-order valence-electron chi connectivity index (χ0n) is 10.7. The van der Waals surface area contributed by atoms with Crippen LogP contribution in [0.4, 0.5) is 0 Å². The highest BCUT2D eigenvalue weighted by molar-refractivity contribution is 5.73. The number of allylic oxidation sites excluding steroid dienone is 1. The van der Waals surface area contributed by atoms with Crippen molar-refractivity contribution >= 4 is 5.97 Å². The number of fused-ring (bicyclic) bond motifs is 1. The van der Waals surface area contributed by atoms with Gasteiger partial charge in [0.1, 0.15) is 0 Å². The molecule has 0 amide bonds. The van der Waals surface area contributed by atoms with Crippen LogP contribution in [-0.4, -0.2) is 24.3 Å². The molecule has 2 rings (SSSR count). The molecule has 0 radical (unpaired) electrons. The summed E-state index contributed by atoms with van der Waals surface area (Å²) in [5, 5.41) is 10.2. The zero-order valence-corrected chi connectivity index (χ0v) is 10.7. The predicted octanol–water partition coefficient (Wildman–Crippen LogP) is 2.15. The fourth-order valence-electron chi connectivity index (χ4n) is 3.92. The van der Waals surface area contributed by atoms with E-state index in [1.54, 1.807) is 0 Å². The second kappa shape index (κ2) is 4.45. The fourth-order valence-corrected chi connectivity index (χ4v) is 3.92. The summed E-state index contributed by atoms with van der Waals surface area (Å²) in [6, 6.07) is 0. The second-order valence-electron chi connectivity index (χ2n) is 5.63. The number of hydrogen-bond acceptors (Lipinski definition) is 3. The van der Waals surface area contributed by atoms with Crippen LogP contribution in [0.15, 0.2) is 12.7 Å². The van der Waals surface area contributed by atoms with Crippen LogP contribution in [0.25, 0.3) is 0 Å². The van der Waals surface area contributed by atoms with Crippen LogP contribution in [0, 0.1) is 23.2 Å². The Morgan fingerprint density at radius 3 is 2.71 bits per heavy atom. The van der Waals surface area contributed by atoms with Crippen LogP contribution in [0.2, 0.25) is 0 Å². The molecule has 0 aromatic heterocycles. The average molecular weight is 238 g/mol. The Hall–Kier alpha value is -0.830. The van der Waals surface area contributed by atoms with Gasteiger partial charge in [-0.25, -0.2) is 0 Å². The molecule has 0 aliphatic heterocycles. The van der Waals surface area contributed by atoms with Gasteiger partial charge in [-0.3, -0.25) is 4.79 Å². The number of methoxy groups -OCH3 is 1. The molecule has 2 aliphatic rings. The minimum atomic E-state index is -0.389. The van der Waals surface area contributed by atoms with Crippen LogP contribution < -0.4 is 0 Å². The van der Waals surface area contributed by atoms with E-state index in [0.717, 1.165) is 25.7 Å². The van der Waals surface area contributed by atoms with Gasteiger partial charge in [-0.15, -0.1) is 6.58 Å². The molecule has 3 heteroatoms. The van der Waals surface area contributed by atoms with Gasteiger partial charge in [0, 0.05) is 5.92 Å². The molecule has 0 unspecified atom stereocenters. The second-order valence-corrected chi connectivity index (χ2v) is 5.63. The fraction of sp³-hybridized carbons (Fsp3) is 0.786. The lowest BCUT2D eigenvalue weighted by Gasteiger charge is -2.45. The molecule has 17 heavy (non-hydrogen) atoms. The summed E-state index contributed by atoms with van der Waals surface area (Å²) >= 11 is 0. The Bertz CT molecular complexity index is 325. The molecule has 0 saturated heterocycles. The summed E-state index contributed by atoms with van der Waals surface area (Å²) in [6.07, 6.45) is 5.34. The number of hydrogen-bond donors (Lipinski definition) is 1. The molecule has 2 fully saturated rings. The van der Waals surface area contributed by atoms with Crippen molar-refractivity contribution in [1.29, 1.82) is 0 Å². The first kappa shape index (κ1) is 12.6. The molecule has 0 heterocycles. The van der Waals surface area contributed by atoms with Crippen LogP contribution in [0.3, 0.4) is 0 Å². The lowest BCUT2D eigenvalue weighted by Crippen LogP contribution is -2.46. The number of ether oxygens (including phenoxy) is 1. The monoisotopic (exact) mass is 238 g/mol. The van der Waals surface area contributed by atoms with Gasteiger partial charge in [-0.1, -0.05) is 13.0 Å². The van der Waals surface area contributed by atoms with Crippen molar-refractivity contribution in [1.82, 2.24) is 0 Å². The Labute approximate surface area is 103 Å². The van der Waals surface area contributed by atoms with E-state index >= 15 is 0 Å². The maximum Gasteiger partial charge on any atom is 0.309 e. The SMILES string of the molecule is C=C[C@@]12CC[C@@H](C)[C@@H](C(=O)OC)[C@@H]1[C@@H](O)CC2. The van der Waals surface area contributed by atoms with Crippen molar-refractivity contribution in [3.63, 3.8) is 0 Å².